The van der Waals surface area contributed by atoms with Crippen LogP contribution in [0.15, 0.2) is 40.9 Å². The van der Waals surface area contributed by atoms with Gasteiger partial charge < -0.3 is 15.4 Å². The number of hydrogen-bond acceptors (Lipinski definition) is 7. The molecule has 0 saturated carbocycles. The van der Waals surface area contributed by atoms with E-state index in [1.807, 2.05) is 0 Å². The van der Waals surface area contributed by atoms with Gasteiger partial charge in [-0.05, 0) is 24.3 Å². The Morgan fingerprint density at radius 1 is 1.35 bits per heavy atom. The van der Waals surface area contributed by atoms with Crippen molar-refractivity contribution in [2.75, 3.05) is 19.0 Å². The predicted molar refractivity (Wildman–Crippen MR) is 80.2 cm³/mol. The molecular formula is C13H14N4O5S. The molecule has 0 radical (unpaired) electrons. The zero-order valence-corrected chi connectivity index (χ0v) is 12.9. The molecule has 0 spiro atoms. The lowest BCUT2D eigenvalue weighted by molar-refractivity contribution is -0.139. The van der Waals surface area contributed by atoms with Crippen LogP contribution in [0.4, 0.5) is 5.69 Å². The number of nitrogens with zero attached hydrogens (tertiary/aromatic N) is 1. The monoisotopic (exact) mass is 338 g/mol. The second-order valence-electron chi connectivity index (χ2n) is 4.15. The van der Waals surface area contributed by atoms with Gasteiger partial charge in [0.2, 0.25) is 10.0 Å². The highest BCUT2D eigenvalue weighted by Crippen LogP contribution is 2.13. The summed E-state index contributed by atoms with van der Waals surface area (Å²) in [7, 11) is -2.62. The van der Waals surface area contributed by atoms with Crippen LogP contribution in [0.25, 0.3) is 0 Å². The largest absolute Gasteiger partial charge is 0.468 e. The van der Waals surface area contributed by atoms with Crippen molar-refractivity contribution in [1.82, 2.24) is 5.32 Å². The molecule has 23 heavy (non-hydrogen) atoms. The SMILES string of the molecule is COC(=O)CN/C=C(/C#N)C(=O)Nc1ccc(S(N)(=O)=O)cc1. The molecule has 0 unspecified atom stereocenters. The highest BCUT2D eigenvalue weighted by atomic mass is 32.2. The first-order chi connectivity index (χ1) is 10.8. The van der Waals surface area contributed by atoms with E-state index < -0.39 is 21.9 Å². The van der Waals surface area contributed by atoms with Gasteiger partial charge in [-0.2, -0.15) is 5.26 Å². The van der Waals surface area contributed by atoms with E-state index in [0.717, 1.165) is 6.20 Å². The third-order valence-corrected chi connectivity index (χ3v) is 3.46. The lowest BCUT2D eigenvalue weighted by Gasteiger charge is -2.05. The molecule has 0 aliphatic heterocycles. The molecule has 1 rings (SSSR count). The molecule has 0 heterocycles. The van der Waals surface area contributed by atoms with Gasteiger partial charge >= 0.3 is 5.97 Å². The third kappa shape index (κ3) is 5.77. The molecule has 0 fully saturated rings. The maximum Gasteiger partial charge on any atom is 0.325 e. The fourth-order valence-corrected chi connectivity index (χ4v) is 1.90. The standard InChI is InChI=1S/C13H14N4O5S/c1-22-12(18)8-16-7-9(6-14)13(19)17-10-2-4-11(5-3-10)23(15,20)21/h2-5,7,16H,8H2,1H3,(H,17,19)(H2,15,20,21)/b9-7-. The number of esters is 1. The summed E-state index contributed by atoms with van der Waals surface area (Å²) in [5.41, 5.74) is 0.000874. The minimum atomic E-state index is -3.82. The van der Waals surface area contributed by atoms with Crippen molar-refractivity contribution in [3.05, 3.63) is 36.0 Å². The number of primary sulfonamides is 1. The van der Waals surface area contributed by atoms with Crippen molar-refractivity contribution in [2.45, 2.75) is 4.90 Å². The number of carbonyl (C=O) groups is 2. The van der Waals surface area contributed by atoms with Crippen LogP contribution in [-0.2, 0) is 24.3 Å². The van der Waals surface area contributed by atoms with Crippen LogP contribution in [0.1, 0.15) is 0 Å². The summed E-state index contributed by atoms with van der Waals surface area (Å²) in [4.78, 5) is 22.7. The van der Waals surface area contributed by atoms with Crippen LogP contribution >= 0.6 is 0 Å². The normalized spacial score (nSPS) is 11.3. The van der Waals surface area contributed by atoms with E-state index in [4.69, 9.17) is 10.4 Å². The number of anilines is 1. The summed E-state index contributed by atoms with van der Waals surface area (Å²) in [5.74, 6) is -1.29. The van der Waals surface area contributed by atoms with Gasteiger partial charge in [0.15, 0.2) is 0 Å². The minimum Gasteiger partial charge on any atom is -0.468 e. The van der Waals surface area contributed by atoms with Crippen molar-refractivity contribution >= 4 is 27.6 Å². The van der Waals surface area contributed by atoms with Crippen LogP contribution in [0.5, 0.6) is 0 Å². The highest BCUT2D eigenvalue weighted by Gasteiger charge is 2.11. The Morgan fingerprint density at radius 3 is 2.43 bits per heavy atom. The molecule has 1 aromatic carbocycles. The number of rotatable bonds is 6. The lowest BCUT2D eigenvalue weighted by Crippen LogP contribution is -2.22. The Morgan fingerprint density at radius 2 is 1.96 bits per heavy atom. The molecule has 0 aliphatic carbocycles. The van der Waals surface area contributed by atoms with E-state index in [2.05, 4.69) is 15.4 Å². The van der Waals surface area contributed by atoms with E-state index in [0.29, 0.717) is 0 Å². The summed E-state index contributed by atoms with van der Waals surface area (Å²) in [6, 6.07) is 6.76. The van der Waals surface area contributed by atoms with E-state index in [9.17, 15) is 18.0 Å². The zero-order chi connectivity index (χ0) is 17.5. The number of nitrogens with two attached hydrogens (primary N) is 1. The Hall–Kier alpha value is -2.90. The topological polar surface area (TPSA) is 151 Å². The second kappa shape index (κ2) is 7.92. The first-order valence-corrected chi connectivity index (χ1v) is 7.67. The number of ether oxygens (including phenoxy) is 1. The Balaban J connectivity index is 2.75. The number of amides is 1. The van der Waals surface area contributed by atoms with Crippen molar-refractivity contribution in [1.29, 1.82) is 5.26 Å². The van der Waals surface area contributed by atoms with Gasteiger partial charge in [-0.1, -0.05) is 0 Å². The molecule has 0 saturated heterocycles. The summed E-state index contributed by atoms with van der Waals surface area (Å²) < 4.78 is 26.6. The average molecular weight is 338 g/mol. The first-order valence-electron chi connectivity index (χ1n) is 6.12. The maximum atomic E-state index is 11.9. The van der Waals surface area contributed by atoms with Crippen LogP contribution in [0, 0.1) is 11.3 Å². The van der Waals surface area contributed by atoms with E-state index in [1.54, 1.807) is 6.07 Å². The Labute approximate surface area is 132 Å². The van der Waals surface area contributed by atoms with Crippen molar-refractivity contribution < 1.29 is 22.7 Å². The van der Waals surface area contributed by atoms with Crippen LogP contribution in [0.2, 0.25) is 0 Å². The maximum absolute atomic E-state index is 11.9. The van der Waals surface area contributed by atoms with Gasteiger partial charge in [-0.3, -0.25) is 9.59 Å². The number of nitrogens with one attached hydrogen (secondary N) is 2. The molecule has 9 nitrogen and oxygen atoms in total. The number of benzene rings is 1. The average Bonchev–Trinajstić information content (AvgIpc) is 2.50. The van der Waals surface area contributed by atoms with Gasteiger partial charge in [0.25, 0.3) is 5.91 Å². The molecule has 1 aromatic rings. The fraction of sp³-hybridized carbons (Fsp3) is 0.154. The molecule has 122 valence electrons. The van der Waals surface area contributed by atoms with Gasteiger partial charge in [0, 0.05) is 11.9 Å². The van der Waals surface area contributed by atoms with Gasteiger partial charge in [0.1, 0.15) is 18.2 Å². The number of sulfonamides is 1. The number of methoxy groups -OCH3 is 1. The summed E-state index contributed by atoms with van der Waals surface area (Å²) >= 11 is 0. The molecule has 0 aromatic heterocycles. The number of hydrogen-bond donors (Lipinski definition) is 3. The number of nitriles is 1. The minimum absolute atomic E-state index is 0.105. The lowest BCUT2D eigenvalue weighted by atomic mass is 10.2. The Bertz CT molecular complexity index is 763. The quantitative estimate of drug-likeness (QED) is 0.357. The van der Waals surface area contributed by atoms with Crippen LogP contribution < -0.4 is 15.8 Å². The van der Waals surface area contributed by atoms with Crippen molar-refractivity contribution in [3.63, 3.8) is 0 Å². The smallest absolute Gasteiger partial charge is 0.325 e. The van der Waals surface area contributed by atoms with Gasteiger partial charge in [-0.25, -0.2) is 13.6 Å². The molecule has 0 bridgehead atoms. The summed E-state index contributed by atoms with van der Waals surface area (Å²) in [5, 5.41) is 18.7. The molecule has 10 heteroatoms. The molecule has 4 N–H and O–H groups in total. The number of carbonyl (C=O) groups excluding carboxylic acids is 2. The fourth-order valence-electron chi connectivity index (χ4n) is 1.38. The molecule has 1 amide bonds. The second-order valence-corrected chi connectivity index (χ2v) is 5.71. The van der Waals surface area contributed by atoms with E-state index in [1.165, 1.54) is 31.4 Å². The molecular weight excluding hydrogens is 324 g/mol. The summed E-state index contributed by atoms with van der Waals surface area (Å²) in [6.07, 6.45) is 1.07. The van der Waals surface area contributed by atoms with Gasteiger partial charge in [-0.15, -0.1) is 0 Å². The van der Waals surface area contributed by atoms with Crippen LogP contribution in [-0.4, -0.2) is 33.9 Å². The molecule has 0 aliphatic rings. The van der Waals surface area contributed by atoms with E-state index >= 15 is 0 Å². The Kier molecular flexibility index (Phi) is 6.25. The predicted octanol–water partition coefficient (Wildman–Crippen LogP) is -0.557. The first kappa shape index (κ1) is 18.1. The highest BCUT2D eigenvalue weighted by molar-refractivity contribution is 7.89. The van der Waals surface area contributed by atoms with Crippen molar-refractivity contribution in [3.8, 4) is 6.07 Å². The van der Waals surface area contributed by atoms with E-state index in [-0.39, 0.29) is 22.7 Å². The summed E-state index contributed by atoms with van der Waals surface area (Å²) in [6.45, 7) is -0.196. The van der Waals surface area contributed by atoms with Crippen LogP contribution in [0.3, 0.4) is 0 Å². The zero-order valence-electron chi connectivity index (χ0n) is 12.1. The molecule has 0 atom stereocenters. The van der Waals surface area contributed by atoms with Gasteiger partial charge in [0.05, 0.1) is 12.0 Å². The third-order valence-electron chi connectivity index (χ3n) is 2.53. The van der Waals surface area contributed by atoms with Crippen molar-refractivity contribution in [2.24, 2.45) is 5.14 Å².